The molecular weight excluding hydrogens is 128 g/mol. The van der Waals surface area contributed by atoms with Crippen molar-refractivity contribution in [2.75, 3.05) is 0 Å². The number of nitrogens with one attached hydrogen (secondary N) is 1. The quantitative estimate of drug-likeness (QED) is 0.559. The molecule has 0 heterocycles. The Hall–Kier alpha value is -0.450. The summed E-state index contributed by atoms with van der Waals surface area (Å²) in [4.78, 5) is 0. The van der Waals surface area contributed by atoms with Crippen molar-refractivity contribution in [3.8, 4) is 0 Å². The van der Waals surface area contributed by atoms with Crippen LogP contribution in [0.3, 0.4) is 0 Å². The molecule has 46 valence electrons. The van der Waals surface area contributed by atoms with Crippen LogP contribution in [0.4, 0.5) is 0 Å². The Morgan fingerprint density at radius 3 is 2.12 bits per heavy atom. The van der Waals surface area contributed by atoms with Crippen molar-refractivity contribution in [3.63, 3.8) is 0 Å². The standard InChI is InChI=1S/C3H6N2O2S/c4-5-8(6,7)3-1-2-3/h3-4H,1-2H2. The first-order valence-corrected chi connectivity index (χ1v) is 3.79. The molecule has 1 rings (SSSR count). The minimum atomic E-state index is -3.33. The van der Waals surface area contributed by atoms with Gasteiger partial charge in [-0.2, -0.15) is 5.53 Å². The van der Waals surface area contributed by atoms with E-state index in [4.69, 9.17) is 5.53 Å². The molecule has 0 aromatic rings. The lowest BCUT2D eigenvalue weighted by Crippen LogP contribution is -1.99. The molecule has 0 atom stereocenters. The lowest BCUT2D eigenvalue weighted by Gasteiger charge is -1.84. The van der Waals surface area contributed by atoms with Crippen LogP contribution >= 0.6 is 0 Å². The van der Waals surface area contributed by atoms with Gasteiger partial charge < -0.3 is 0 Å². The van der Waals surface area contributed by atoms with Crippen LogP contribution in [-0.4, -0.2) is 13.7 Å². The van der Waals surface area contributed by atoms with Gasteiger partial charge in [-0.15, -0.1) is 0 Å². The molecule has 0 amide bonds. The van der Waals surface area contributed by atoms with Gasteiger partial charge in [0.15, 0.2) is 0 Å². The molecule has 1 N–H and O–H groups in total. The zero-order valence-corrected chi connectivity index (χ0v) is 4.98. The number of hydrogen-bond donors (Lipinski definition) is 1. The van der Waals surface area contributed by atoms with Crippen LogP contribution in [-0.2, 0) is 10.0 Å². The fraction of sp³-hybridized carbons (Fsp3) is 1.00. The van der Waals surface area contributed by atoms with Crippen LogP contribution in [0.2, 0.25) is 0 Å². The van der Waals surface area contributed by atoms with Crippen LogP contribution < -0.4 is 0 Å². The highest BCUT2D eigenvalue weighted by molar-refractivity contribution is 7.90. The minimum absolute atomic E-state index is 0.319. The van der Waals surface area contributed by atoms with Crippen LogP contribution in [0.5, 0.6) is 0 Å². The average Bonchev–Trinajstić information content (AvgIpc) is 2.44. The molecule has 0 bridgehead atoms. The van der Waals surface area contributed by atoms with Gasteiger partial charge in [0.05, 0.1) is 5.25 Å². The zero-order chi connectivity index (χ0) is 6.20. The highest BCUT2D eigenvalue weighted by Gasteiger charge is 2.35. The smallest absolute Gasteiger partial charge is 0.203 e. The maximum Gasteiger partial charge on any atom is 0.272 e. The molecule has 0 aromatic heterocycles. The summed E-state index contributed by atoms with van der Waals surface area (Å²) in [6, 6.07) is 0. The van der Waals surface area contributed by atoms with E-state index in [9.17, 15) is 8.42 Å². The topological polar surface area (TPSA) is 70.3 Å². The Bertz CT molecular complexity index is 191. The van der Waals surface area contributed by atoms with Crippen LogP contribution in [0, 0.1) is 5.53 Å². The van der Waals surface area contributed by atoms with E-state index in [1.54, 1.807) is 0 Å². The Balaban J connectivity index is 2.79. The predicted octanol–water partition coefficient (Wildman–Crippen LogP) is 0.510. The summed E-state index contributed by atoms with van der Waals surface area (Å²) in [6.45, 7) is 0. The van der Waals surface area contributed by atoms with Gasteiger partial charge >= 0.3 is 0 Å². The number of hydrogen-bond acceptors (Lipinski definition) is 3. The Kier molecular flexibility index (Phi) is 1.07. The van der Waals surface area contributed by atoms with Crippen molar-refractivity contribution < 1.29 is 8.42 Å². The zero-order valence-electron chi connectivity index (χ0n) is 4.16. The summed E-state index contributed by atoms with van der Waals surface area (Å²) >= 11 is 0. The molecule has 5 heteroatoms. The molecule has 0 aromatic carbocycles. The highest BCUT2D eigenvalue weighted by atomic mass is 32.2. The second kappa shape index (κ2) is 1.51. The number of sulfonamides is 1. The summed E-state index contributed by atoms with van der Waals surface area (Å²) in [5.41, 5.74) is 6.21. The summed E-state index contributed by atoms with van der Waals surface area (Å²) in [6.07, 6.45) is 1.37. The summed E-state index contributed by atoms with van der Waals surface area (Å²) < 4.78 is 23.3. The molecule has 0 radical (unpaired) electrons. The normalized spacial score (nSPS) is 20.5. The molecule has 0 saturated heterocycles. The van der Waals surface area contributed by atoms with Gasteiger partial charge in [0.1, 0.15) is 0 Å². The fourth-order valence-corrected chi connectivity index (χ4v) is 1.32. The molecule has 1 saturated carbocycles. The van der Waals surface area contributed by atoms with Gasteiger partial charge in [-0.3, -0.25) is 0 Å². The van der Waals surface area contributed by atoms with Gasteiger partial charge in [-0.25, -0.2) is 8.42 Å². The SMILES string of the molecule is N=NS(=O)(=O)C1CC1. The van der Waals surface area contributed by atoms with Gasteiger partial charge in [-0.05, 0) is 12.8 Å². The van der Waals surface area contributed by atoms with Crippen molar-refractivity contribution >= 4 is 10.0 Å². The number of nitrogens with zero attached hydrogens (tertiary/aromatic N) is 1. The Labute approximate surface area is 47.5 Å². The number of rotatable bonds is 2. The lowest BCUT2D eigenvalue weighted by atomic mass is 11.0. The van der Waals surface area contributed by atoms with Crippen LogP contribution in [0.15, 0.2) is 4.52 Å². The molecule has 0 aliphatic heterocycles. The second-order valence-electron chi connectivity index (χ2n) is 1.81. The Morgan fingerprint density at radius 2 is 2.00 bits per heavy atom. The highest BCUT2D eigenvalue weighted by Crippen LogP contribution is 2.29. The van der Waals surface area contributed by atoms with E-state index in [1.165, 1.54) is 0 Å². The van der Waals surface area contributed by atoms with Gasteiger partial charge in [0, 0.05) is 0 Å². The first-order chi connectivity index (χ1) is 3.67. The van der Waals surface area contributed by atoms with E-state index in [2.05, 4.69) is 4.52 Å². The molecule has 0 unspecified atom stereocenters. The molecule has 0 spiro atoms. The summed E-state index contributed by atoms with van der Waals surface area (Å²) in [5.74, 6) is 0. The van der Waals surface area contributed by atoms with Crippen LogP contribution in [0.25, 0.3) is 0 Å². The third-order valence-electron chi connectivity index (χ3n) is 1.07. The summed E-state index contributed by atoms with van der Waals surface area (Å²) in [7, 11) is -3.33. The monoisotopic (exact) mass is 134 g/mol. The molecule has 1 aliphatic rings. The molecule has 1 fully saturated rings. The average molecular weight is 134 g/mol. The van der Waals surface area contributed by atoms with E-state index >= 15 is 0 Å². The predicted molar refractivity (Wildman–Crippen MR) is 27.1 cm³/mol. The molecule has 8 heavy (non-hydrogen) atoms. The van der Waals surface area contributed by atoms with E-state index in [0.29, 0.717) is 12.8 Å². The van der Waals surface area contributed by atoms with E-state index < -0.39 is 10.0 Å². The van der Waals surface area contributed by atoms with Crippen molar-refractivity contribution in [3.05, 3.63) is 0 Å². The molecule has 1 aliphatic carbocycles. The van der Waals surface area contributed by atoms with Crippen LogP contribution in [0.1, 0.15) is 12.8 Å². The molecular formula is C3H6N2O2S. The van der Waals surface area contributed by atoms with E-state index in [-0.39, 0.29) is 5.25 Å². The summed E-state index contributed by atoms with van der Waals surface area (Å²) in [5, 5.41) is -0.319. The maximum atomic E-state index is 10.4. The fourth-order valence-electron chi connectivity index (χ4n) is 0.440. The third-order valence-corrected chi connectivity index (χ3v) is 2.64. The van der Waals surface area contributed by atoms with Gasteiger partial charge in [0.25, 0.3) is 10.0 Å². The second-order valence-corrected chi connectivity index (χ2v) is 3.68. The van der Waals surface area contributed by atoms with Crippen molar-refractivity contribution in [1.82, 2.24) is 0 Å². The maximum absolute atomic E-state index is 10.4. The minimum Gasteiger partial charge on any atom is -0.203 e. The van der Waals surface area contributed by atoms with E-state index in [0.717, 1.165) is 0 Å². The van der Waals surface area contributed by atoms with E-state index in [1.807, 2.05) is 0 Å². The Morgan fingerprint density at radius 1 is 1.50 bits per heavy atom. The first-order valence-electron chi connectivity index (χ1n) is 2.29. The third kappa shape index (κ3) is 0.861. The lowest BCUT2D eigenvalue weighted by molar-refractivity contribution is 0.593. The molecule has 4 nitrogen and oxygen atoms in total. The van der Waals surface area contributed by atoms with Gasteiger partial charge in [-0.1, -0.05) is 4.52 Å². The first kappa shape index (κ1) is 5.68. The van der Waals surface area contributed by atoms with Crippen molar-refractivity contribution in [2.24, 2.45) is 4.52 Å². The van der Waals surface area contributed by atoms with Gasteiger partial charge in [0.2, 0.25) is 0 Å². The largest absolute Gasteiger partial charge is 0.272 e. The van der Waals surface area contributed by atoms with Crippen molar-refractivity contribution in [1.29, 1.82) is 5.53 Å². The van der Waals surface area contributed by atoms with Crippen molar-refractivity contribution in [2.45, 2.75) is 18.1 Å².